The first kappa shape index (κ1) is 48.3. The number of aromatic hydroxyl groups is 2. The Bertz CT molecular complexity index is 1990. The molecule has 1 fully saturated rings. The van der Waals surface area contributed by atoms with Gasteiger partial charge >= 0.3 is 0 Å². The van der Waals surface area contributed by atoms with Crippen molar-refractivity contribution in [2.45, 2.75) is 100 Å². The number of hydrogen-bond donors (Lipinski definition) is 10. The lowest BCUT2D eigenvalue weighted by Gasteiger charge is -2.29. The molecule has 0 bridgehead atoms. The number of amides is 6. The summed E-state index contributed by atoms with van der Waals surface area (Å²) in [6.07, 6.45) is 2.13. The van der Waals surface area contributed by atoms with Crippen LogP contribution in [0.5, 0.6) is 11.5 Å². The maximum absolute atomic E-state index is 14.5. The fourth-order valence-corrected chi connectivity index (χ4v) is 7.43. The summed E-state index contributed by atoms with van der Waals surface area (Å²) in [7, 11) is 0. The molecule has 1 aliphatic rings. The third-order valence-electron chi connectivity index (χ3n) is 11.0. The van der Waals surface area contributed by atoms with Crippen molar-refractivity contribution >= 4 is 35.4 Å². The maximum Gasteiger partial charge on any atom is 0.243 e. The molecule has 6 atom stereocenters. The lowest BCUT2D eigenvalue weighted by atomic mass is 9.99. The number of nitrogens with two attached hydrogens (primary N) is 2. The van der Waals surface area contributed by atoms with E-state index in [9.17, 15) is 39.0 Å². The Hall–Kier alpha value is -6.78. The van der Waals surface area contributed by atoms with Gasteiger partial charge in [0.15, 0.2) is 0 Å². The molecular formula is C48H60N8O8. The zero-order valence-electron chi connectivity index (χ0n) is 35.8. The van der Waals surface area contributed by atoms with E-state index in [1.165, 1.54) is 24.3 Å². The Morgan fingerprint density at radius 3 is 0.875 bits per heavy atom. The van der Waals surface area contributed by atoms with E-state index in [0.717, 1.165) is 0 Å². The van der Waals surface area contributed by atoms with Crippen molar-refractivity contribution in [3.05, 3.63) is 131 Å². The molecule has 5 rings (SSSR count). The summed E-state index contributed by atoms with van der Waals surface area (Å²) in [5.74, 6) is -4.16. The van der Waals surface area contributed by atoms with Crippen LogP contribution in [0.25, 0.3) is 0 Å². The third-order valence-corrected chi connectivity index (χ3v) is 11.0. The molecule has 4 aromatic rings. The second kappa shape index (κ2) is 24.8. The third kappa shape index (κ3) is 15.2. The zero-order valence-corrected chi connectivity index (χ0v) is 35.8. The van der Waals surface area contributed by atoms with Crippen molar-refractivity contribution in [3.63, 3.8) is 0 Å². The van der Waals surface area contributed by atoms with Gasteiger partial charge in [-0.15, -0.1) is 0 Å². The minimum absolute atomic E-state index is 0.00176. The fraction of sp³-hybridized carbons (Fsp3) is 0.375. The normalized spacial score (nSPS) is 21.5. The molecule has 16 nitrogen and oxygen atoms in total. The zero-order chi connectivity index (χ0) is 45.8. The molecule has 0 radical (unpaired) electrons. The first-order valence-electron chi connectivity index (χ1n) is 21.8. The molecule has 16 heteroatoms. The summed E-state index contributed by atoms with van der Waals surface area (Å²) in [6.45, 7) is 0.654. The molecule has 0 aromatic heterocycles. The van der Waals surface area contributed by atoms with Gasteiger partial charge < -0.3 is 53.6 Å². The number of carbonyl (C=O) groups excluding carboxylic acids is 6. The SMILES string of the molecule is NCCCC[C@@H]1NC(=O)[C@H](Cc2ccc(O)cc2)NC(=O)[C@H](Cc2ccccc2)NC(=O)[C@H](CCCCN)NC(=O)[C@H](Cc2ccc(O)cc2)NC(=O)[C@H](Cc2ccccc2)NC1=O. The van der Waals surface area contributed by atoms with Gasteiger partial charge in [-0.1, -0.05) is 84.9 Å². The van der Waals surface area contributed by atoms with Gasteiger partial charge in [0, 0.05) is 25.7 Å². The summed E-state index contributed by atoms with van der Waals surface area (Å²) in [5, 5.41) is 36.9. The van der Waals surface area contributed by atoms with Gasteiger partial charge in [-0.2, -0.15) is 0 Å². The van der Waals surface area contributed by atoms with Crippen LogP contribution in [-0.4, -0.2) is 95.0 Å². The van der Waals surface area contributed by atoms with Gasteiger partial charge in [0.25, 0.3) is 0 Å². The average molecular weight is 877 g/mol. The average Bonchev–Trinajstić information content (AvgIpc) is 3.29. The van der Waals surface area contributed by atoms with E-state index in [1.807, 2.05) is 12.1 Å². The van der Waals surface area contributed by atoms with Crippen LogP contribution in [0.3, 0.4) is 0 Å². The van der Waals surface area contributed by atoms with Crippen molar-refractivity contribution in [2.24, 2.45) is 11.5 Å². The van der Waals surface area contributed by atoms with Crippen molar-refractivity contribution < 1.29 is 39.0 Å². The van der Waals surface area contributed by atoms with Crippen LogP contribution >= 0.6 is 0 Å². The van der Waals surface area contributed by atoms with Gasteiger partial charge in [0.1, 0.15) is 47.8 Å². The minimum atomic E-state index is -1.28. The second-order valence-electron chi connectivity index (χ2n) is 16.1. The quantitative estimate of drug-likeness (QED) is 0.0726. The Labute approximate surface area is 373 Å². The molecule has 6 amide bonds. The van der Waals surface area contributed by atoms with Crippen molar-refractivity contribution in [1.82, 2.24) is 31.9 Å². The predicted molar refractivity (Wildman–Crippen MR) is 241 cm³/mol. The van der Waals surface area contributed by atoms with Crippen LogP contribution in [-0.2, 0) is 54.5 Å². The van der Waals surface area contributed by atoms with Crippen molar-refractivity contribution in [2.75, 3.05) is 13.1 Å². The van der Waals surface area contributed by atoms with E-state index < -0.39 is 71.7 Å². The highest BCUT2D eigenvalue weighted by atomic mass is 16.3. The van der Waals surface area contributed by atoms with Crippen molar-refractivity contribution in [1.29, 1.82) is 0 Å². The molecule has 64 heavy (non-hydrogen) atoms. The largest absolute Gasteiger partial charge is 0.508 e. The number of carbonyl (C=O) groups is 6. The molecule has 0 aliphatic carbocycles. The monoisotopic (exact) mass is 876 g/mol. The number of phenolic OH excluding ortho intramolecular Hbond substituents is 2. The Morgan fingerprint density at radius 1 is 0.344 bits per heavy atom. The highest BCUT2D eigenvalue weighted by molar-refractivity contribution is 5.98. The number of nitrogens with one attached hydrogen (secondary N) is 6. The van der Waals surface area contributed by atoms with Gasteiger partial charge in [0.05, 0.1) is 0 Å². The minimum Gasteiger partial charge on any atom is -0.508 e. The Balaban J connectivity index is 1.59. The molecule has 4 aromatic carbocycles. The number of hydrogen-bond acceptors (Lipinski definition) is 10. The van der Waals surface area contributed by atoms with E-state index in [1.54, 1.807) is 72.8 Å². The number of unbranched alkanes of at least 4 members (excludes halogenated alkanes) is 2. The Morgan fingerprint density at radius 2 is 0.594 bits per heavy atom. The number of phenols is 2. The van der Waals surface area contributed by atoms with Gasteiger partial charge in [-0.3, -0.25) is 28.8 Å². The second-order valence-corrected chi connectivity index (χ2v) is 16.1. The summed E-state index contributed by atoms with van der Waals surface area (Å²) in [6, 6.07) is 22.7. The first-order chi connectivity index (χ1) is 30.9. The van der Waals surface area contributed by atoms with Crippen molar-refractivity contribution in [3.8, 4) is 11.5 Å². The van der Waals surface area contributed by atoms with E-state index in [2.05, 4.69) is 31.9 Å². The molecule has 0 spiro atoms. The Kier molecular flexibility index (Phi) is 18.7. The van der Waals surface area contributed by atoms with Crippen LogP contribution < -0.4 is 43.4 Å². The first-order valence-corrected chi connectivity index (χ1v) is 21.8. The van der Waals surface area contributed by atoms with Gasteiger partial charge in [-0.25, -0.2) is 0 Å². The highest BCUT2D eigenvalue weighted by Gasteiger charge is 2.35. The van der Waals surface area contributed by atoms with E-state index in [0.29, 0.717) is 61.0 Å². The van der Waals surface area contributed by atoms with Crippen LogP contribution in [0.2, 0.25) is 0 Å². The number of rotatable bonds is 16. The molecule has 0 saturated carbocycles. The summed E-state index contributed by atoms with van der Waals surface area (Å²) in [4.78, 5) is 86.6. The summed E-state index contributed by atoms with van der Waals surface area (Å²) in [5.41, 5.74) is 14.2. The molecule has 340 valence electrons. The smallest absolute Gasteiger partial charge is 0.243 e. The molecule has 12 N–H and O–H groups in total. The number of benzene rings is 4. The summed E-state index contributed by atoms with van der Waals surface area (Å²) < 4.78 is 0. The summed E-state index contributed by atoms with van der Waals surface area (Å²) >= 11 is 0. The van der Waals surface area contributed by atoms with Gasteiger partial charge in [-0.05, 0) is 98.1 Å². The molecule has 1 heterocycles. The topological polar surface area (TPSA) is 267 Å². The van der Waals surface area contributed by atoms with Gasteiger partial charge in [0.2, 0.25) is 35.4 Å². The van der Waals surface area contributed by atoms with Crippen LogP contribution in [0.4, 0.5) is 0 Å². The molecule has 0 unspecified atom stereocenters. The van der Waals surface area contributed by atoms with E-state index in [-0.39, 0.29) is 50.0 Å². The molecular weight excluding hydrogens is 817 g/mol. The lowest BCUT2D eigenvalue weighted by Crippen LogP contribution is -2.62. The molecule has 1 aliphatic heterocycles. The van der Waals surface area contributed by atoms with E-state index >= 15 is 0 Å². The van der Waals surface area contributed by atoms with E-state index in [4.69, 9.17) is 11.5 Å². The van der Waals surface area contributed by atoms with Crippen LogP contribution in [0.15, 0.2) is 109 Å². The van der Waals surface area contributed by atoms with Crippen LogP contribution in [0.1, 0.15) is 60.8 Å². The predicted octanol–water partition coefficient (Wildman–Crippen LogP) is 1.55. The van der Waals surface area contributed by atoms with Crippen LogP contribution in [0, 0.1) is 0 Å². The highest BCUT2D eigenvalue weighted by Crippen LogP contribution is 2.16. The lowest BCUT2D eigenvalue weighted by molar-refractivity contribution is -0.136. The molecule has 1 saturated heterocycles. The fourth-order valence-electron chi connectivity index (χ4n) is 7.43. The standard InChI is InChI=1S/C48H60N8O8/c49-25-9-7-15-37-43(59)53-39(27-31-11-3-1-4-12-31)47(63)55-41(29-33-17-21-35(57)22-18-33)45(61)52-38(16-8-10-26-50)44(60)54-40(28-32-13-5-2-6-14-32)48(64)56-42(46(62)51-37)30-34-19-23-36(58)24-20-34/h1-6,11-14,17-24,37-42,57-58H,7-10,15-16,25-30,49-50H2,(H,51,62)(H,52,61)(H,53,59)(H,54,60)(H,55,63)(H,56,64)/t37-,38-,39-,40-,41-,42-/m0/s1. The maximum atomic E-state index is 14.5.